The van der Waals surface area contributed by atoms with Crippen molar-refractivity contribution in [3.8, 4) is 11.5 Å². The molecule has 0 aliphatic heterocycles. The molecule has 3 aromatic rings. The molecule has 1 heterocycles. The highest BCUT2D eigenvalue weighted by Crippen LogP contribution is 2.31. The summed E-state index contributed by atoms with van der Waals surface area (Å²) in [6.45, 7) is 5.77. The molecule has 0 fully saturated rings. The minimum absolute atomic E-state index is 0.0450. The van der Waals surface area contributed by atoms with Crippen molar-refractivity contribution in [1.82, 2.24) is 14.4 Å². The molecule has 158 valence electrons. The van der Waals surface area contributed by atoms with Crippen LogP contribution in [0.3, 0.4) is 0 Å². The first-order valence-electron chi connectivity index (χ1n) is 9.38. The number of hydrogen-bond donors (Lipinski definition) is 1. The molecule has 0 aliphatic carbocycles. The van der Waals surface area contributed by atoms with Gasteiger partial charge in [-0.1, -0.05) is 37.2 Å². The number of aryl methyl sites for hydroxylation is 1. The minimum Gasteiger partial charge on any atom is -0.334 e. The quantitative estimate of drug-likeness (QED) is 0.642. The number of anilines is 1. The van der Waals surface area contributed by atoms with Crippen LogP contribution >= 0.6 is 0 Å². The Hall–Kier alpha value is -3.04. The second-order valence-corrected chi connectivity index (χ2v) is 9.53. The highest BCUT2D eigenvalue weighted by atomic mass is 32.2. The highest BCUT2D eigenvalue weighted by molar-refractivity contribution is 7.89. The fourth-order valence-electron chi connectivity index (χ4n) is 2.78. The average molecular weight is 429 g/mol. The number of nitrogens with zero attached hydrogens (tertiary/aromatic N) is 3. The molecule has 1 aromatic heterocycles. The number of carbonyl (C=O) groups is 1. The van der Waals surface area contributed by atoms with E-state index in [1.54, 1.807) is 12.1 Å². The Balaban J connectivity index is 1.96. The van der Waals surface area contributed by atoms with E-state index < -0.39 is 15.9 Å². The summed E-state index contributed by atoms with van der Waals surface area (Å²) < 4.78 is 31.3. The van der Waals surface area contributed by atoms with Gasteiger partial charge in [-0.25, -0.2) is 12.7 Å². The molecule has 1 N–H and O–H groups in total. The monoisotopic (exact) mass is 428 g/mol. The van der Waals surface area contributed by atoms with Gasteiger partial charge in [0, 0.05) is 25.6 Å². The lowest BCUT2D eigenvalue weighted by molar-refractivity contribution is 0.102. The summed E-state index contributed by atoms with van der Waals surface area (Å²) in [5, 5.41) is 6.85. The molecule has 8 nitrogen and oxygen atoms in total. The van der Waals surface area contributed by atoms with Gasteiger partial charge in [0.15, 0.2) is 5.82 Å². The summed E-state index contributed by atoms with van der Waals surface area (Å²) in [6, 6.07) is 11.4. The first-order valence-corrected chi connectivity index (χ1v) is 10.8. The SMILES string of the molecule is Cc1cccc(-c2nc(C(C)C)no2)c1NC(=O)c1cccc(S(=O)(=O)N(C)C)c1. The largest absolute Gasteiger partial charge is 0.334 e. The van der Waals surface area contributed by atoms with E-state index >= 15 is 0 Å². The maximum Gasteiger partial charge on any atom is 0.260 e. The van der Waals surface area contributed by atoms with Crippen molar-refractivity contribution in [2.24, 2.45) is 0 Å². The van der Waals surface area contributed by atoms with E-state index in [2.05, 4.69) is 15.5 Å². The molecule has 0 aliphatic rings. The van der Waals surface area contributed by atoms with Gasteiger partial charge in [0.2, 0.25) is 10.0 Å². The highest BCUT2D eigenvalue weighted by Gasteiger charge is 2.21. The number of amides is 1. The number of rotatable bonds is 6. The van der Waals surface area contributed by atoms with Gasteiger partial charge < -0.3 is 9.84 Å². The number of sulfonamides is 1. The number of hydrogen-bond acceptors (Lipinski definition) is 6. The standard InChI is InChI=1S/C21H24N4O4S/c1-13(2)19-23-21(29-24-19)17-11-6-8-14(3)18(17)22-20(26)15-9-7-10-16(12-15)30(27,28)25(4)5/h6-13H,1-5H3,(H,22,26). The van der Waals surface area contributed by atoms with Gasteiger partial charge in [0.1, 0.15) is 0 Å². The Morgan fingerprint density at radius 1 is 1.13 bits per heavy atom. The van der Waals surface area contributed by atoms with Crippen LogP contribution < -0.4 is 5.32 Å². The molecule has 1 amide bonds. The van der Waals surface area contributed by atoms with Crippen LogP contribution in [0.4, 0.5) is 5.69 Å². The third kappa shape index (κ3) is 4.27. The van der Waals surface area contributed by atoms with Crippen molar-refractivity contribution in [1.29, 1.82) is 0 Å². The molecule has 30 heavy (non-hydrogen) atoms. The predicted molar refractivity (Wildman–Crippen MR) is 114 cm³/mol. The van der Waals surface area contributed by atoms with Crippen molar-refractivity contribution in [3.05, 3.63) is 59.4 Å². The maximum atomic E-state index is 12.9. The lowest BCUT2D eigenvalue weighted by Gasteiger charge is -2.14. The third-order valence-corrected chi connectivity index (χ3v) is 6.39. The zero-order valence-electron chi connectivity index (χ0n) is 17.5. The van der Waals surface area contributed by atoms with Crippen molar-refractivity contribution >= 4 is 21.6 Å². The second kappa shape index (κ2) is 8.37. The third-order valence-electron chi connectivity index (χ3n) is 4.57. The van der Waals surface area contributed by atoms with Crippen LogP contribution in [0.2, 0.25) is 0 Å². The molecule has 0 radical (unpaired) electrons. The zero-order valence-corrected chi connectivity index (χ0v) is 18.3. The van der Waals surface area contributed by atoms with Crippen LogP contribution in [0.5, 0.6) is 0 Å². The maximum absolute atomic E-state index is 12.9. The van der Waals surface area contributed by atoms with Crippen molar-refractivity contribution in [3.63, 3.8) is 0 Å². The summed E-state index contributed by atoms with van der Waals surface area (Å²) in [5.41, 5.74) is 2.16. The van der Waals surface area contributed by atoms with Gasteiger partial charge in [0.05, 0.1) is 16.1 Å². The van der Waals surface area contributed by atoms with Crippen molar-refractivity contribution in [2.45, 2.75) is 31.6 Å². The fourth-order valence-corrected chi connectivity index (χ4v) is 3.73. The van der Waals surface area contributed by atoms with Crippen molar-refractivity contribution < 1.29 is 17.7 Å². The molecular weight excluding hydrogens is 404 g/mol. The van der Waals surface area contributed by atoms with Crippen LogP contribution in [-0.2, 0) is 10.0 Å². The van der Waals surface area contributed by atoms with E-state index in [1.165, 1.54) is 32.3 Å². The van der Waals surface area contributed by atoms with Crippen LogP contribution in [0.15, 0.2) is 51.9 Å². The predicted octanol–water partition coefficient (Wildman–Crippen LogP) is 3.67. The normalized spacial score (nSPS) is 11.8. The Labute approximate surface area is 176 Å². The van der Waals surface area contributed by atoms with Gasteiger partial charge in [-0.3, -0.25) is 4.79 Å². The van der Waals surface area contributed by atoms with Crippen LogP contribution in [0.1, 0.15) is 41.5 Å². The first-order chi connectivity index (χ1) is 14.1. The molecule has 0 saturated carbocycles. The summed E-state index contributed by atoms with van der Waals surface area (Å²) in [6.07, 6.45) is 0. The molecule has 0 spiro atoms. The fraction of sp³-hybridized carbons (Fsp3) is 0.286. The number of para-hydroxylation sites is 1. The molecule has 2 aromatic carbocycles. The van der Waals surface area contributed by atoms with Gasteiger partial charge in [-0.2, -0.15) is 4.98 Å². The van der Waals surface area contributed by atoms with Crippen LogP contribution in [0.25, 0.3) is 11.5 Å². The number of aromatic nitrogens is 2. The van der Waals surface area contributed by atoms with Gasteiger partial charge >= 0.3 is 0 Å². The summed E-state index contributed by atoms with van der Waals surface area (Å²) in [4.78, 5) is 17.4. The van der Waals surface area contributed by atoms with E-state index in [1.807, 2.05) is 32.9 Å². The van der Waals surface area contributed by atoms with Crippen LogP contribution in [0, 0.1) is 6.92 Å². The molecular formula is C21H24N4O4S. The number of nitrogens with one attached hydrogen (secondary N) is 1. The number of carbonyl (C=O) groups excluding carboxylic acids is 1. The Kier molecular flexibility index (Phi) is 6.04. The Morgan fingerprint density at radius 2 is 1.83 bits per heavy atom. The second-order valence-electron chi connectivity index (χ2n) is 7.38. The lowest BCUT2D eigenvalue weighted by atomic mass is 10.1. The molecule has 0 unspecified atom stereocenters. The Bertz CT molecular complexity index is 1180. The molecule has 9 heteroatoms. The van der Waals surface area contributed by atoms with E-state index in [4.69, 9.17) is 4.52 Å². The molecule has 3 rings (SSSR count). The summed E-state index contributed by atoms with van der Waals surface area (Å²) in [5.74, 6) is 0.545. The van der Waals surface area contributed by atoms with E-state index in [-0.39, 0.29) is 16.4 Å². The summed E-state index contributed by atoms with van der Waals surface area (Å²) in [7, 11) is -0.767. The van der Waals surface area contributed by atoms with Gasteiger partial charge in [-0.05, 0) is 36.8 Å². The molecule has 0 saturated heterocycles. The average Bonchev–Trinajstić information content (AvgIpc) is 3.20. The van der Waals surface area contributed by atoms with Crippen LogP contribution in [-0.4, -0.2) is 42.9 Å². The zero-order chi connectivity index (χ0) is 22.1. The summed E-state index contributed by atoms with van der Waals surface area (Å²) >= 11 is 0. The van der Waals surface area contributed by atoms with E-state index in [0.29, 0.717) is 23.0 Å². The van der Waals surface area contributed by atoms with Gasteiger partial charge in [-0.15, -0.1) is 0 Å². The lowest BCUT2D eigenvalue weighted by Crippen LogP contribution is -2.23. The smallest absolute Gasteiger partial charge is 0.260 e. The minimum atomic E-state index is -3.65. The number of benzene rings is 2. The van der Waals surface area contributed by atoms with E-state index in [9.17, 15) is 13.2 Å². The van der Waals surface area contributed by atoms with E-state index in [0.717, 1.165) is 9.87 Å². The topological polar surface area (TPSA) is 105 Å². The first kappa shape index (κ1) is 21.7. The molecule has 0 atom stereocenters. The Morgan fingerprint density at radius 3 is 2.47 bits per heavy atom. The van der Waals surface area contributed by atoms with Crippen molar-refractivity contribution in [2.75, 3.05) is 19.4 Å². The van der Waals surface area contributed by atoms with Gasteiger partial charge in [0.25, 0.3) is 11.8 Å². The molecule has 0 bridgehead atoms.